The number of fused-ring (bicyclic) bond motifs is 1. The average molecular weight is 367 g/mol. The molecule has 138 valence electrons. The predicted octanol–water partition coefficient (Wildman–Crippen LogP) is 4.15. The Morgan fingerprint density at radius 1 is 1.20 bits per heavy atom. The highest BCUT2D eigenvalue weighted by Gasteiger charge is 2.33. The van der Waals surface area contributed by atoms with Gasteiger partial charge in [0, 0.05) is 18.2 Å². The third kappa shape index (κ3) is 4.17. The van der Waals surface area contributed by atoms with Crippen LogP contribution in [-0.2, 0) is 17.8 Å². The highest BCUT2D eigenvalue weighted by molar-refractivity contribution is 6.28. The SMILES string of the molecule is CC1CCCCCN1c1nc(Cl)nc2c1CN(C(=O)OC(C)(C)C)C2. The second kappa shape index (κ2) is 6.98. The molecule has 1 atom stereocenters. The largest absolute Gasteiger partial charge is 0.444 e. The van der Waals surface area contributed by atoms with Gasteiger partial charge in [0.25, 0.3) is 0 Å². The maximum atomic E-state index is 12.4. The van der Waals surface area contributed by atoms with Crippen molar-refractivity contribution in [1.82, 2.24) is 14.9 Å². The van der Waals surface area contributed by atoms with Crippen molar-refractivity contribution in [2.24, 2.45) is 0 Å². The summed E-state index contributed by atoms with van der Waals surface area (Å²) in [5, 5.41) is 0.247. The fourth-order valence-electron chi connectivity index (χ4n) is 3.49. The van der Waals surface area contributed by atoms with Gasteiger partial charge >= 0.3 is 6.09 Å². The van der Waals surface area contributed by atoms with Crippen molar-refractivity contribution in [3.05, 3.63) is 16.5 Å². The predicted molar refractivity (Wildman–Crippen MR) is 97.8 cm³/mol. The van der Waals surface area contributed by atoms with Gasteiger partial charge in [-0.3, -0.25) is 4.90 Å². The Balaban J connectivity index is 1.87. The van der Waals surface area contributed by atoms with E-state index in [1.807, 2.05) is 20.8 Å². The molecule has 2 aliphatic rings. The Morgan fingerprint density at radius 3 is 2.68 bits per heavy atom. The molecule has 0 aromatic carbocycles. The van der Waals surface area contributed by atoms with Crippen LogP contribution in [0.15, 0.2) is 0 Å². The lowest BCUT2D eigenvalue weighted by molar-refractivity contribution is 0.0241. The fraction of sp³-hybridized carbons (Fsp3) is 0.722. The van der Waals surface area contributed by atoms with Crippen LogP contribution in [0, 0.1) is 0 Å². The third-order valence-electron chi connectivity index (χ3n) is 4.71. The summed E-state index contributed by atoms with van der Waals surface area (Å²) in [7, 11) is 0. The zero-order chi connectivity index (χ0) is 18.2. The summed E-state index contributed by atoms with van der Waals surface area (Å²) in [6.07, 6.45) is 4.45. The van der Waals surface area contributed by atoms with E-state index in [1.54, 1.807) is 4.90 Å². The van der Waals surface area contributed by atoms with Crippen LogP contribution >= 0.6 is 11.6 Å². The van der Waals surface area contributed by atoms with Crippen LogP contribution in [0.3, 0.4) is 0 Å². The molecule has 1 fully saturated rings. The molecule has 0 radical (unpaired) electrons. The first-order chi connectivity index (χ1) is 11.7. The van der Waals surface area contributed by atoms with E-state index in [2.05, 4.69) is 21.8 Å². The normalized spacial score (nSPS) is 21.1. The summed E-state index contributed by atoms with van der Waals surface area (Å²) in [6.45, 7) is 9.70. The first-order valence-electron chi connectivity index (χ1n) is 9.04. The number of halogens is 1. The molecule has 1 aromatic heterocycles. The molecule has 1 amide bonds. The van der Waals surface area contributed by atoms with E-state index < -0.39 is 5.60 Å². The van der Waals surface area contributed by atoms with Crippen molar-refractivity contribution in [1.29, 1.82) is 0 Å². The zero-order valence-corrected chi connectivity index (χ0v) is 16.3. The summed E-state index contributed by atoms with van der Waals surface area (Å²) >= 11 is 6.19. The second-order valence-electron chi connectivity index (χ2n) is 7.97. The number of amides is 1. The van der Waals surface area contributed by atoms with Gasteiger partial charge in [-0.1, -0.05) is 12.8 Å². The molecular formula is C18H27ClN4O2. The lowest BCUT2D eigenvalue weighted by Gasteiger charge is -2.30. The first kappa shape index (κ1) is 18.2. The zero-order valence-electron chi connectivity index (χ0n) is 15.5. The molecule has 0 spiro atoms. The third-order valence-corrected chi connectivity index (χ3v) is 4.88. The van der Waals surface area contributed by atoms with Crippen molar-refractivity contribution in [2.75, 3.05) is 11.4 Å². The molecule has 0 aliphatic carbocycles. The number of rotatable bonds is 1. The minimum atomic E-state index is -0.517. The highest BCUT2D eigenvalue weighted by atomic mass is 35.5. The summed E-state index contributed by atoms with van der Waals surface area (Å²) in [5.74, 6) is 0.885. The summed E-state index contributed by atoms with van der Waals surface area (Å²) in [6, 6.07) is 0.410. The number of anilines is 1. The monoisotopic (exact) mass is 366 g/mol. The van der Waals surface area contributed by atoms with Crippen LogP contribution in [0.25, 0.3) is 0 Å². The number of ether oxygens (including phenoxy) is 1. The van der Waals surface area contributed by atoms with Crippen molar-refractivity contribution < 1.29 is 9.53 Å². The number of hydrogen-bond donors (Lipinski definition) is 0. The van der Waals surface area contributed by atoms with Crippen molar-refractivity contribution in [3.8, 4) is 0 Å². The fourth-order valence-corrected chi connectivity index (χ4v) is 3.67. The number of aromatic nitrogens is 2. The summed E-state index contributed by atoms with van der Waals surface area (Å²) in [4.78, 5) is 25.3. The lowest BCUT2D eigenvalue weighted by Crippen LogP contribution is -2.35. The smallest absolute Gasteiger partial charge is 0.410 e. The quantitative estimate of drug-likeness (QED) is 0.699. The molecule has 1 saturated heterocycles. The minimum absolute atomic E-state index is 0.247. The molecule has 1 unspecified atom stereocenters. The average Bonchev–Trinajstić information content (AvgIpc) is 2.81. The molecule has 3 rings (SSSR count). The Bertz CT molecular complexity index is 659. The van der Waals surface area contributed by atoms with Crippen LogP contribution < -0.4 is 4.90 Å². The molecule has 0 N–H and O–H groups in total. The number of nitrogens with zero attached hydrogens (tertiary/aromatic N) is 4. The van der Waals surface area contributed by atoms with Crippen molar-refractivity contribution in [3.63, 3.8) is 0 Å². The Kier molecular flexibility index (Phi) is 5.09. The summed E-state index contributed by atoms with van der Waals surface area (Å²) in [5.41, 5.74) is 1.32. The van der Waals surface area contributed by atoms with Crippen LogP contribution in [-0.4, -0.2) is 39.1 Å². The van der Waals surface area contributed by atoms with E-state index in [9.17, 15) is 4.79 Å². The van der Waals surface area contributed by atoms with Gasteiger partial charge in [-0.05, 0) is 52.1 Å². The Hall–Kier alpha value is -1.56. The molecule has 25 heavy (non-hydrogen) atoms. The van der Waals surface area contributed by atoms with E-state index in [1.165, 1.54) is 12.8 Å². The van der Waals surface area contributed by atoms with Crippen LogP contribution in [0.2, 0.25) is 5.28 Å². The maximum absolute atomic E-state index is 12.4. The van der Waals surface area contributed by atoms with Gasteiger partial charge in [0.05, 0.1) is 18.8 Å². The Morgan fingerprint density at radius 2 is 1.96 bits per heavy atom. The highest BCUT2D eigenvalue weighted by Crippen LogP contribution is 2.33. The maximum Gasteiger partial charge on any atom is 0.410 e. The van der Waals surface area contributed by atoms with Crippen LogP contribution in [0.5, 0.6) is 0 Å². The van der Waals surface area contributed by atoms with E-state index in [-0.39, 0.29) is 11.4 Å². The van der Waals surface area contributed by atoms with Crippen molar-refractivity contribution >= 4 is 23.5 Å². The molecule has 2 aliphatic heterocycles. The van der Waals surface area contributed by atoms with E-state index >= 15 is 0 Å². The van der Waals surface area contributed by atoms with Gasteiger partial charge in [0.1, 0.15) is 11.4 Å². The standard InChI is InChI=1S/C18H27ClN4O2/c1-12-8-6-5-7-9-23(12)15-13-10-22(17(24)25-18(2,3)4)11-14(13)20-16(19)21-15/h12H,5-11H2,1-4H3. The molecule has 0 saturated carbocycles. The van der Waals surface area contributed by atoms with E-state index in [4.69, 9.17) is 16.3 Å². The first-order valence-corrected chi connectivity index (χ1v) is 9.42. The van der Waals surface area contributed by atoms with Gasteiger partial charge in [-0.2, -0.15) is 0 Å². The van der Waals surface area contributed by atoms with Gasteiger partial charge < -0.3 is 9.64 Å². The van der Waals surface area contributed by atoms with Gasteiger partial charge in [-0.25, -0.2) is 14.8 Å². The second-order valence-corrected chi connectivity index (χ2v) is 8.31. The van der Waals surface area contributed by atoms with Gasteiger partial charge in [0.15, 0.2) is 0 Å². The molecular weight excluding hydrogens is 340 g/mol. The van der Waals surface area contributed by atoms with Crippen molar-refractivity contribution in [2.45, 2.75) is 78.1 Å². The molecule has 0 bridgehead atoms. The summed E-state index contributed by atoms with van der Waals surface area (Å²) < 4.78 is 5.50. The van der Waals surface area contributed by atoms with Crippen LogP contribution in [0.4, 0.5) is 10.6 Å². The minimum Gasteiger partial charge on any atom is -0.444 e. The van der Waals surface area contributed by atoms with Gasteiger partial charge in [-0.15, -0.1) is 0 Å². The molecule has 1 aromatic rings. The number of carbonyl (C=O) groups is 1. The number of hydrogen-bond acceptors (Lipinski definition) is 5. The van der Waals surface area contributed by atoms with Gasteiger partial charge in [0.2, 0.25) is 5.28 Å². The molecule has 6 nitrogen and oxygen atoms in total. The van der Waals surface area contributed by atoms with E-state index in [0.29, 0.717) is 19.1 Å². The molecule has 7 heteroatoms. The van der Waals surface area contributed by atoms with E-state index in [0.717, 1.165) is 36.5 Å². The Labute approximate surface area is 154 Å². The van der Waals surface area contributed by atoms with Crippen LogP contribution in [0.1, 0.15) is 64.6 Å². The molecule has 3 heterocycles. The topological polar surface area (TPSA) is 58.6 Å². The number of carbonyl (C=O) groups excluding carboxylic acids is 1. The lowest BCUT2D eigenvalue weighted by atomic mass is 10.1.